The maximum Gasteiger partial charge on any atom is 0.173 e. The molecule has 0 radical (unpaired) electrons. The third-order valence-corrected chi connectivity index (χ3v) is 4.62. The summed E-state index contributed by atoms with van der Waals surface area (Å²) in [5.41, 5.74) is 3.23. The molecule has 1 heterocycles. The molecule has 4 nitrogen and oxygen atoms in total. The molecule has 0 saturated carbocycles. The Morgan fingerprint density at radius 2 is 1.69 bits per heavy atom. The smallest absolute Gasteiger partial charge is 0.173 e. The molecule has 3 rings (SSSR count). The van der Waals surface area contributed by atoms with Crippen LogP contribution >= 0.6 is 12.2 Å². The van der Waals surface area contributed by atoms with Gasteiger partial charge in [-0.1, -0.05) is 0 Å². The summed E-state index contributed by atoms with van der Waals surface area (Å²) in [5, 5.41) is 3.81. The van der Waals surface area contributed by atoms with Crippen LogP contribution in [-0.4, -0.2) is 29.8 Å². The number of anilines is 1. The number of fused-ring (bicyclic) bond motifs is 1. The van der Waals surface area contributed by atoms with Gasteiger partial charge in [0.25, 0.3) is 0 Å². The molecule has 0 amide bonds. The van der Waals surface area contributed by atoms with Crippen LogP contribution < -0.4 is 14.8 Å². The fourth-order valence-corrected chi connectivity index (χ4v) is 3.28. The fourth-order valence-electron chi connectivity index (χ4n) is 3.01. The van der Waals surface area contributed by atoms with Gasteiger partial charge in [0.15, 0.2) is 16.6 Å². The zero-order valence-electron chi connectivity index (χ0n) is 15.0. The zero-order valence-corrected chi connectivity index (χ0v) is 15.9. The molecule has 6 heteroatoms. The Kier molecular flexibility index (Phi) is 5.93. The molecular formula is C20H23FN2O2S. The van der Waals surface area contributed by atoms with Gasteiger partial charge < -0.3 is 19.7 Å². The standard InChI is InChI=1S/C20H23FN2O2S/c1-3-24-18-11-14-9-10-23(13-15(14)12-19(18)25-4-2)20(26)22-17-7-5-16(21)6-8-17/h5-8,11-12H,3-4,9-10,13H2,1-2H3,(H,22,26). The largest absolute Gasteiger partial charge is 0.490 e. The number of hydrogen-bond donors (Lipinski definition) is 1. The van der Waals surface area contributed by atoms with Crippen LogP contribution in [0.15, 0.2) is 36.4 Å². The first-order chi connectivity index (χ1) is 12.6. The van der Waals surface area contributed by atoms with E-state index in [0.717, 1.165) is 30.2 Å². The Morgan fingerprint density at radius 1 is 1.08 bits per heavy atom. The highest BCUT2D eigenvalue weighted by atomic mass is 32.1. The first-order valence-corrected chi connectivity index (χ1v) is 9.24. The molecule has 2 aromatic carbocycles. The Hall–Kier alpha value is -2.34. The molecule has 0 saturated heterocycles. The number of rotatable bonds is 5. The zero-order chi connectivity index (χ0) is 18.5. The second kappa shape index (κ2) is 8.36. The van der Waals surface area contributed by atoms with Gasteiger partial charge in [0.1, 0.15) is 5.82 Å². The van der Waals surface area contributed by atoms with Gasteiger partial charge in [0.2, 0.25) is 0 Å². The van der Waals surface area contributed by atoms with Crippen molar-refractivity contribution < 1.29 is 13.9 Å². The van der Waals surface area contributed by atoms with Crippen LogP contribution in [0.2, 0.25) is 0 Å². The molecule has 0 aliphatic carbocycles. The van der Waals surface area contributed by atoms with E-state index in [-0.39, 0.29) is 5.82 Å². The Bertz CT molecular complexity index is 780. The molecule has 0 atom stereocenters. The van der Waals surface area contributed by atoms with E-state index in [2.05, 4.69) is 22.3 Å². The Balaban J connectivity index is 1.74. The molecule has 1 aliphatic heterocycles. The van der Waals surface area contributed by atoms with E-state index in [4.69, 9.17) is 21.7 Å². The van der Waals surface area contributed by atoms with Gasteiger partial charge in [-0.05, 0) is 80.0 Å². The van der Waals surface area contributed by atoms with E-state index < -0.39 is 0 Å². The van der Waals surface area contributed by atoms with Crippen molar-refractivity contribution in [1.29, 1.82) is 0 Å². The third-order valence-electron chi connectivity index (χ3n) is 4.26. The molecule has 1 aliphatic rings. The maximum absolute atomic E-state index is 13.0. The van der Waals surface area contributed by atoms with Crippen molar-refractivity contribution in [2.45, 2.75) is 26.8 Å². The van der Waals surface area contributed by atoms with Gasteiger partial charge >= 0.3 is 0 Å². The molecule has 0 fully saturated rings. The minimum absolute atomic E-state index is 0.262. The van der Waals surface area contributed by atoms with Gasteiger partial charge in [-0.15, -0.1) is 0 Å². The summed E-state index contributed by atoms with van der Waals surface area (Å²) >= 11 is 5.53. The third kappa shape index (κ3) is 4.25. The summed E-state index contributed by atoms with van der Waals surface area (Å²) in [4.78, 5) is 2.11. The summed E-state index contributed by atoms with van der Waals surface area (Å²) in [5.74, 6) is 1.31. The number of benzene rings is 2. The first kappa shape index (κ1) is 18.5. The van der Waals surface area contributed by atoms with Crippen LogP contribution in [0.4, 0.5) is 10.1 Å². The highest BCUT2D eigenvalue weighted by Gasteiger charge is 2.21. The SMILES string of the molecule is CCOc1cc2c(cc1OCC)CN(C(=S)Nc1ccc(F)cc1)CC2. The van der Waals surface area contributed by atoms with Gasteiger partial charge in [-0.2, -0.15) is 0 Å². The predicted octanol–water partition coefficient (Wildman–Crippen LogP) is 4.38. The van der Waals surface area contributed by atoms with Gasteiger partial charge in [0.05, 0.1) is 13.2 Å². The van der Waals surface area contributed by atoms with Crippen molar-refractivity contribution in [3.8, 4) is 11.5 Å². The molecule has 0 unspecified atom stereocenters. The van der Waals surface area contributed by atoms with Crippen molar-refractivity contribution in [2.24, 2.45) is 0 Å². The maximum atomic E-state index is 13.0. The van der Waals surface area contributed by atoms with Crippen molar-refractivity contribution in [2.75, 3.05) is 25.1 Å². The first-order valence-electron chi connectivity index (χ1n) is 8.83. The number of nitrogens with one attached hydrogen (secondary N) is 1. The molecule has 0 bridgehead atoms. The van der Waals surface area contributed by atoms with Gasteiger partial charge in [0, 0.05) is 18.8 Å². The van der Waals surface area contributed by atoms with Crippen molar-refractivity contribution in [3.05, 3.63) is 53.3 Å². The highest BCUT2D eigenvalue weighted by Crippen LogP contribution is 2.34. The lowest BCUT2D eigenvalue weighted by Gasteiger charge is -2.32. The number of ether oxygens (including phenoxy) is 2. The Morgan fingerprint density at radius 3 is 2.31 bits per heavy atom. The quantitative estimate of drug-likeness (QED) is 0.786. The molecule has 2 aromatic rings. The summed E-state index contributed by atoms with van der Waals surface area (Å²) in [7, 11) is 0. The molecule has 138 valence electrons. The van der Waals surface area contributed by atoms with E-state index in [1.165, 1.54) is 23.3 Å². The normalized spacial score (nSPS) is 13.1. The lowest BCUT2D eigenvalue weighted by molar-refractivity contribution is 0.285. The van der Waals surface area contributed by atoms with Crippen molar-refractivity contribution in [3.63, 3.8) is 0 Å². The topological polar surface area (TPSA) is 33.7 Å². The highest BCUT2D eigenvalue weighted by molar-refractivity contribution is 7.80. The van der Waals surface area contributed by atoms with Crippen molar-refractivity contribution in [1.82, 2.24) is 4.90 Å². The molecule has 26 heavy (non-hydrogen) atoms. The average Bonchev–Trinajstić information content (AvgIpc) is 2.64. The lowest BCUT2D eigenvalue weighted by Crippen LogP contribution is -2.38. The van der Waals surface area contributed by atoms with Crippen LogP contribution in [0, 0.1) is 5.82 Å². The minimum Gasteiger partial charge on any atom is -0.490 e. The van der Waals surface area contributed by atoms with E-state index in [1.807, 2.05) is 13.8 Å². The average molecular weight is 374 g/mol. The number of thiocarbonyl (C=S) groups is 1. The van der Waals surface area contributed by atoms with Crippen LogP contribution in [0.5, 0.6) is 11.5 Å². The number of hydrogen-bond acceptors (Lipinski definition) is 3. The lowest BCUT2D eigenvalue weighted by atomic mass is 9.99. The summed E-state index contributed by atoms with van der Waals surface area (Å²) < 4.78 is 24.5. The molecule has 0 spiro atoms. The van der Waals surface area contributed by atoms with E-state index in [9.17, 15) is 4.39 Å². The monoisotopic (exact) mass is 374 g/mol. The number of nitrogens with zero attached hydrogens (tertiary/aromatic N) is 1. The second-order valence-corrected chi connectivity index (χ2v) is 6.43. The van der Waals surface area contributed by atoms with Gasteiger partial charge in [-0.25, -0.2) is 4.39 Å². The predicted molar refractivity (Wildman–Crippen MR) is 106 cm³/mol. The fraction of sp³-hybridized carbons (Fsp3) is 0.350. The summed E-state index contributed by atoms with van der Waals surface area (Å²) in [6.07, 6.45) is 0.882. The molecular weight excluding hydrogens is 351 g/mol. The van der Waals surface area contributed by atoms with E-state index in [0.29, 0.717) is 24.9 Å². The summed E-state index contributed by atoms with van der Waals surface area (Å²) in [6.45, 7) is 6.65. The summed E-state index contributed by atoms with van der Waals surface area (Å²) in [6, 6.07) is 10.3. The van der Waals surface area contributed by atoms with Crippen LogP contribution in [0.3, 0.4) is 0 Å². The van der Waals surface area contributed by atoms with Crippen LogP contribution in [0.1, 0.15) is 25.0 Å². The van der Waals surface area contributed by atoms with E-state index >= 15 is 0 Å². The molecule has 1 N–H and O–H groups in total. The van der Waals surface area contributed by atoms with E-state index in [1.54, 1.807) is 12.1 Å². The second-order valence-electron chi connectivity index (χ2n) is 6.04. The van der Waals surface area contributed by atoms with Crippen molar-refractivity contribution >= 4 is 23.0 Å². The molecule has 0 aromatic heterocycles. The Labute approximate surface area is 158 Å². The van der Waals surface area contributed by atoms with Crippen LogP contribution in [-0.2, 0) is 13.0 Å². The minimum atomic E-state index is -0.262. The van der Waals surface area contributed by atoms with Gasteiger partial charge in [-0.3, -0.25) is 0 Å². The number of halogens is 1. The van der Waals surface area contributed by atoms with Crippen LogP contribution in [0.25, 0.3) is 0 Å².